The summed E-state index contributed by atoms with van der Waals surface area (Å²) >= 11 is 0. The third-order valence-corrected chi connectivity index (χ3v) is 5.10. The van der Waals surface area contributed by atoms with Crippen molar-refractivity contribution in [1.82, 2.24) is 0 Å². The summed E-state index contributed by atoms with van der Waals surface area (Å²) in [6.45, 7) is 4.10. The van der Waals surface area contributed by atoms with Crippen molar-refractivity contribution in [2.75, 3.05) is 18.6 Å². The van der Waals surface area contributed by atoms with Gasteiger partial charge in [0.2, 0.25) is 5.91 Å². The molecule has 0 unspecified atom stereocenters. The van der Waals surface area contributed by atoms with Crippen molar-refractivity contribution in [3.05, 3.63) is 70.4 Å². The van der Waals surface area contributed by atoms with Crippen LogP contribution in [0.1, 0.15) is 29.0 Å². The lowest BCUT2D eigenvalue weighted by atomic mass is 9.83. The van der Waals surface area contributed by atoms with E-state index in [2.05, 4.69) is 6.07 Å². The third-order valence-electron chi connectivity index (χ3n) is 5.10. The molecule has 27 heavy (non-hydrogen) atoms. The lowest BCUT2D eigenvalue weighted by Gasteiger charge is -2.32. The average Bonchev–Trinajstić information content (AvgIpc) is 3.01. The summed E-state index contributed by atoms with van der Waals surface area (Å²) in [6, 6.07) is 13.5. The second kappa shape index (κ2) is 6.58. The Kier molecular flexibility index (Phi) is 4.22. The third kappa shape index (κ3) is 2.89. The van der Waals surface area contributed by atoms with Gasteiger partial charge < -0.3 is 9.47 Å². The first kappa shape index (κ1) is 17.3. The fourth-order valence-corrected chi connectivity index (χ4v) is 4.05. The van der Waals surface area contributed by atoms with Crippen LogP contribution in [0.5, 0.6) is 5.75 Å². The van der Waals surface area contributed by atoms with E-state index in [4.69, 9.17) is 9.47 Å². The molecule has 0 radical (unpaired) electrons. The van der Waals surface area contributed by atoms with E-state index in [1.54, 1.807) is 12.0 Å². The molecule has 0 aromatic heterocycles. The van der Waals surface area contributed by atoms with Crippen LogP contribution >= 0.6 is 0 Å². The maximum atomic E-state index is 13.1. The van der Waals surface area contributed by atoms with Gasteiger partial charge in [-0.1, -0.05) is 24.3 Å². The zero-order valence-electron chi connectivity index (χ0n) is 15.6. The van der Waals surface area contributed by atoms with E-state index in [-0.39, 0.29) is 30.8 Å². The number of methoxy groups -OCH3 is 1. The largest absolute Gasteiger partial charge is 0.496 e. The van der Waals surface area contributed by atoms with Crippen molar-refractivity contribution in [1.29, 1.82) is 0 Å². The molecule has 2 aromatic carbocycles. The van der Waals surface area contributed by atoms with Gasteiger partial charge in [0.15, 0.2) is 0 Å². The lowest BCUT2D eigenvalue weighted by Crippen LogP contribution is -2.37. The van der Waals surface area contributed by atoms with Crippen molar-refractivity contribution in [2.24, 2.45) is 0 Å². The van der Waals surface area contributed by atoms with Crippen molar-refractivity contribution in [3.63, 3.8) is 0 Å². The van der Waals surface area contributed by atoms with Crippen LogP contribution < -0.4 is 9.64 Å². The molecular weight excluding hydrogens is 342 g/mol. The Morgan fingerprint density at radius 2 is 1.78 bits per heavy atom. The van der Waals surface area contributed by atoms with E-state index < -0.39 is 0 Å². The Labute approximate surface area is 158 Å². The van der Waals surface area contributed by atoms with Gasteiger partial charge in [-0.2, -0.15) is 0 Å². The normalized spacial score (nSPS) is 19.2. The number of aryl methyl sites for hydroxylation is 2. The number of rotatable bonds is 3. The molecule has 0 fully saturated rings. The molecule has 0 aliphatic carbocycles. The molecule has 4 rings (SSSR count). The molecule has 2 heterocycles. The topological polar surface area (TPSA) is 55.8 Å². The zero-order valence-corrected chi connectivity index (χ0v) is 15.6. The summed E-state index contributed by atoms with van der Waals surface area (Å²) in [4.78, 5) is 27.3. The minimum atomic E-state index is -0.360. The van der Waals surface area contributed by atoms with E-state index >= 15 is 0 Å². The standard InChI is InChI=1S/C22H21NO4/c1-13-8-14(2)10-15(9-13)23-18-12-27-22(25)21(18)17(11-20(23)24)16-6-4-5-7-19(16)26-3/h4-10,17H,11-12H2,1-3H3/t17-/m0/s1. The van der Waals surface area contributed by atoms with Crippen molar-refractivity contribution >= 4 is 17.6 Å². The molecule has 5 nitrogen and oxygen atoms in total. The van der Waals surface area contributed by atoms with Crippen LogP contribution in [0, 0.1) is 13.8 Å². The Bertz CT molecular complexity index is 956. The molecule has 1 amide bonds. The molecule has 0 N–H and O–H groups in total. The van der Waals surface area contributed by atoms with Crippen LogP contribution in [0.15, 0.2) is 53.7 Å². The number of hydrogen-bond donors (Lipinski definition) is 0. The summed E-state index contributed by atoms with van der Waals surface area (Å²) in [5.41, 5.74) is 4.94. The molecule has 2 aliphatic heterocycles. The maximum Gasteiger partial charge on any atom is 0.336 e. The summed E-state index contributed by atoms with van der Waals surface area (Å²) in [5, 5.41) is 0. The summed E-state index contributed by atoms with van der Waals surface area (Å²) in [6.07, 6.45) is 0.196. The van der Waals surface area contributed by atoms with Crippen LogP contribution in [0.2, 0.25) is 0 Å². The summed E-state index contributed by atoms with van der Waals surface area (Å²) in [5.74, 6) is -0.0988. The Balaban J connectivity index is 1.87. The minimum absolute atomic E-state index is 0.0482. The predicted octanol–water partition coefficient (Wildman–Crippen LogP) is 3.64. The number of ether oxygens (including phenoxy) is 2. The first-order chi connectivity index (χ1) is 13.0. The zero-order chi connectivity index (χ0) is 19.1. The highest BCUT2D eigenvalue weighted by Gasteiger charge is 2.43. The number of para-hydroxylation sites is 1. The van der Waals surface area contributed by atoms with E-state index in [0.717, 1.165) is 22.4 Å². The van der Waals surface area contributed by atoms with Crippen LogP contribution in [0.4, 0.5) is 5.69 Å². The van der Waals surface area contributed by atoms with E-state index in [0.29, 0.717) is 17.0 Å². The SMILES string of the molecule is COc1ccccc1[C@@H]1CC(=O)N(c2cc(C)cc(C)c2)C2=C1C(=O)OC2. The lowest BCUT2D eigenvalue weighted by molar-refractivity contribution is -0.136. The monoisotopic (exact) mass is 363 g/mol. The van der Waals surface area contributed by atoms with Crippen LogP contribution in [-0.2, 0) is 14.3 Å². The van der Waals surface area contributed by atoms with Crippen LogP contribution in [0.25, 0.3) is 0 Å². The van der Waals surface area contributed by atoms with Gasteiger partial charge in [-0.05, 0) is 43.2 Å². The van der Waals surface area contributed by atoms with Gasteiger partial charge in [0, 0.05) is 23.6 Å². The quantitative estimate of drug-likeness (QED) is 0.781. The summed E-state index contributed by atoms with van der Waals surface area (Å²) in [7, 11) is 1.59. The number of anilines is 1. The van der Waals surface area contributed by atoms with Crippen LogP contribution in [0.3, 0.4) is 0 Å². The Morgan fingerprint density at radius 1 is 1.07 bits per heavy atom. The van der Waals surface area contributed by atoms with Crippen molar-refractivity contribution < 1.29 is 19.1 Å². The predicted molar refractivity (Wildman–Crippen MR) is 102 cm³/mol. The molecule has 5 heteroatoms. The van der Waals surface area contributed by atoms with Gasteiger partial charge in [-0.15, -0.1) is 0 Å². The second-order valence-electron chi connectivity index (χ2n) is 7.01. The highest BCUT2D eigenvalue weighted by Crippen LogP contribution is 2.44. The molecular formula is C22H21NO4. The van der Waals surface area contributed by atoms with Crippen molar-refractivity contribution in [2.45, 2.75) is 26.2 Å². The van der Waals surface area contributed by atoms with E-state index in [9.17, 15) is 9.59 Å². The number of carbonyl (C=O) groups is 2. The molecule has 2 aromatic rings. The first-order valence-electron chi connectivity index (χ1n) is 8.94. The van der Waals surface area contributed by atoms with Gasteiger partial charge in [-0.25, -0.2) is 4.79 Å². The summed E-state index contributed by atoms with van der Waals surface area (Å²) < 4.78 is 10.8. The van der Waals surface area contributed by atoms with Crippen molar-refractivity contribution in [3.8, 4) is 5.75 Å². The number of hydrogen-bond acceptors (Lipinski definition) is 4. The smallest absolute Gasteiger partial charge is 0.336 e. The van der Waals surface area contributed by atoms with E-state index in [1.807, 2.05) is 50.2 Å². The number of esters is 1. The molecule has 0 bridgehead atoms. The fraction of sp³-hybridized carbons (Fsp3) is 0.273. The van der Waals surface area contributed by atoms with Crippen LogP contribution in [-0.4, -0.2) is 25.6 Å². The number of amides is 1. The van der Waals surface area contributed by atoms with Gasteiger partial charge in [0.05, 0.1) is 18.4 Å². The average molecular weight is 363 g/mol. The number of benzene rings is 2. The highest BCUT2D eigenvalue weighted by atomic mass is 16.5. The van der Waals surface area contributed by atoms with Gasteiger partial charge in [0.1, 0.15) is 12.4 Å². The first-order valence-corrected chi connectivity index (χ1v) is 8.94. The second-order valence-corrected chi connectivity index (χ2v) is 7.01. The molecule has 0 spiro atoms. The fourth-order valence-electron chi connectivity index (χ4n) is 4.05. The van der Waals surface area contributed by atoms with E-state index in [1.165, 1.54) is 0 Å². The van der Waals surface area contributed by atoms with Gasteiger partial charge in [-0.3, -0.25) is 9.69 Å². The number of nitrogens with zero attached hydrogens (tertiary/aromatic N) is 1. The molecule has 0 saturated carbocycles. The highest BCUT2D eigenvalue weighted by molar-refractivity contribution is 6.06. The Hall–Kier alpha value is -3.08. The minimum Gasteiger partial charge on any atom is -0.496 e. The van der Waals surface area contributed by atoms with Gasteiger partial charge in [0.25, 0.3) is 0 Å². The number of carbonyl (C=O) groups excluding carboxylic acids is 2. The molecule has 138 valence electrons. The number of cyclic esters (lactones) is 1. The Morgan fingerprint density at radius 3 is 2.48 bits per heavy atom. The molecule has 0 saturated heterocycles. The molecule has 1 atom stereocenters. The van der Waals surface area contributed by atoms with Gasteiger partial charge >= 0.3 is 5.97 Å². The maximum absolute atomic E-state index is 13.1. The molecule has 2 aliphatic rings.